The SMILES string of the molecule is CCOC(=O)c1cnc(-n2cc(C)cn2)nc1Nc1cc(C(F)(F)F)ccc1N1CCCC1. The Morgan fingerprint density at radius 1 is 1.21 bits per heavy atom. The van der Waals surface area contributed by atoms with Crippen molar-refractivity contribution in [2.45, 2.75) is 32.9 Å². The summed E-state index contributed by atoms with van der Waals surface area (Å²) in [6.45, 7) is 5.09. The molecule has 11 heteroatoms. The van der Waals surface area contributed by atoms with Gasteiger partial charge in [-0.15, -0.1) is 0 Å². The normalized spacial score (nSPS) is 13.9. The first-order chi connectivity index (χ1) is 15.8. The lowest BCUT2D eigenvalue weighted by molar-refractivity contribution is -0.137. The van der Waals surface area contributed by atoms with E-state index in [9.17, 15) is 18.0 Å². The minimum atomic E-state index is -4.52. The molecule has 0 bridgehead atoms. The molecule has 0 spiro atoms. The number of carbonyl (C=O) groups excluding carboxylic acids is 1. The predicted molar refractivity (Wildman–Crippen MR) is 116 cm³/mol. The minimum absolute atomic E-state index is 0.00858. The monoisotopic (exact) mass is 460 g/mol. The molecule has 33 heavy (non-hydrogen) atoms. The van der Waals surface area contributed by atoms with Gasteiger partial charge in [0.1, 0.15) is 5.56 Å². The molecule has 3 aromatic rings. The summed E-state index contributed by atoms with van der Waals surface area (Å²) in [6, 6.07) is 3.53. The maximum atomic E-state index is 13.5. The Hall–Kier alpha value is -3.63. The lowest BCUT2D eigenvalue weighted by Crippen LogP contribution is -2.20. The molecule has 174 valence electrons. The number of hydrogen-bond donors (Lipinski definition) is 1. The summed E-state index contributed by atoms with van der Waals surface area (Å²) in [5.74, 6) is -0.488. The summed E-state index contributed by atoms with van der Waals surface area (Å²) in [5, 5.41) is 7.11. The van der Waals surface area contributed by atoms with E-state index in [1.807, 2.05) is 11.8 Å². The molecular formula is C22H23F3N6O2. The van der Waals surface area contributed by atoms with Crippen molar-refractivity contribution in [3.05, 3.63) is 53.5 Å². The average molecular weight is 460 g/mol. The molecule has 1 aliphatic rings. The standard InChI is InChI=1S/C22H23F3N6O2/c1-3-33-20(32)16-12-26-21(31-13-14(2)11-27-31)29-19(16)28-17-10-15(22(23,24)25)6-7-18(17)30-8-4-5-9-30/h6-7,10-13H,3-5,8-9H2,1-2H3,(H,26,28,29). The summed E-state index contributed by atoms with van der Waals surface area (Å²) in [7, 11) is 0. The number of carbonyl (C=O) groups is 1. The zero-order valence-electron chi connectivity index (χ0n) is 18.2. The van der Waals surface area contributed by atoms with E-state index < -0.39 is 17.7 Å². The van der Waals surface area contributed by atoms with E-state index >= 15 is 0 Å². The molecule has 1 saturated heterocycles. The fourth-order valence-electron chi connectivity index (χ4n) is 3.63. The van der Waals surface area contributed by atoms with E-state index in [1.165, 1.54) is 16.9 Å². The van der Waals surface area contributed by atoms with Crippen LogP contribution in [0.15, 0.2) is 36.8 Å². The molecule has 1 fully saturated rings. The summed E-state index contributed by atoms with van der Waals surface area (Å²) in [4.78, 5) is 23.1. The minimum Gasteiger partial charge on any atom is -0.462 e. The fraction of sp³-hybridized carbons (Fsp3) is 0.364. The molecule has 0 saturated carbocycles. The fourth-order valence-corrected chi connectivity index (χ4v) is 3.63. The van der Waals surface area contributed by atoms with Gasteiger partial charge in [0.25, 0.3) is 5.95 Å². The van der Waals surface area contributed by atoms with Gasteiger partial charge in [-0.3, -0.25) is 0 Å². The van der Waals surface area contributed by atoms with Gasteiger partial charge in [-0.2, -0.15) is 23.3 Å². The van der Waals surface area contributed by atoms with E-state index in [1.54, 1.807) is 19.3 Å². The second-order valence-electron chi connectivity index (χ2n) is 7.66. The van der Waals surface area contributed by atoms with E-state index in [0.29, 0.717) is 5.69 Å². The van der Waals surface area contributed by atoms with Gasteiger partial charge in [0.05, 0.1) is 29.7 Å². The Labute approximate surface area is 188 Å². The van der Waals surface area contributed by atoms with Crippen molar-refractivity contribution in [3.63, 3.8) is 0 Å². The second kappa shape index (κ2) is 9.08. The average Bonchev–Trinajstić information content (AvgIpc) is 3.45. The summed E-state index contributed by atoms with van der Waals surface area (Å²) in [5.41, 5.74) is 0.873. The molecular weight excluding hydrogens is 437 g/mol. The number of aryl methyl sites for hydroxylation is 1. The molecule has 2 aromatic heterocycles. The molecule has 1 N–H and O–H groups in total. The van der Waals surface area contributed by atoms with Gasteiger partial charge in [-0.05, 0) is 50.5 Å². The highest BCUT2D eigenvalue weighted by molar-refractivity contribution is 5.96. The van der Waals surface area contributed by atoms with Crippen molar-refractivity contribution in [2.24, 2.45) is 0 Å². The second-order valence-corrected chi connectivity index (χ2v) is 7.66. The Morgan fingerprint density at radius 3 is 2.61 bits per heavy atom. The van der Waals surface area contributed by atoms with Crippen molar-refractivity contribution in [2.75, 3.05) is 29.9 Å². The van der Waals surface area contributed by atoms with Crippen LogP contribution in [0.5, 0.6) is 0 Å². The van der Waals surface area contributed by atoms with Crippen molar-refractivity contribution >= 4 is 23.2 Å². The lowest BCUT2D eigenvalue weighted by atomic mass is 10.1. The Balaban J connectivity index is 1.81. The number of aromatic nitrogens is 4. The van der Waals surface area contributed by atoms with E-state index in [2.05, 4.69) is 20.4 Å². The third-order valence-electron chi connectivity index (χ3n) is 5.21. The first-order valence-electron chi connectivity index (χ1n) is 10.6. The highest BCUT2D eigenvalue weighted by atomic mass is 19.4. The van der Waals surface area contributed by atoms with Gasteiger partial charge in [0, 0.05) is 25.5 Å². The van der Waals surface area contributed by atoms with Gasteiger partial charge < -0.3 is 15.0 Å². The highest BCUT2D eigenvalue weighted by Crippen LogP contribution is 2.38. The van der Waals surface area contributed by atoms with Crippen LogP contribution in [0.1, 0.15) is 41.3 Å². The number of ether oxygens (including phenoxy) is 1. The molecule has 1 aromatic carbocycles. The quantitative estimate of drug-likeness (QED) is 0.542. The first kappa shape index (κ1) is 22.6. The number of alkyl halides is 3. The van der Waals surface area contributed by atoms with Gasteiger partial charge in [0.2, 0.25) is 0 Å². The number of esters is 1. The van der Waals surface area contributed by atoms with E-state index in [-0.39, 0.29) is 29.6 Å². The number of halogens is 3. The topological polar surface area (TPSA) is 85.2 Å². The van der Waals surface area contributed by atoms with E-state index in [4.69, 9.17) is 4.74 Å². The van der Waals surface area contributed by atoms with Crippen molar-refractivity contribution in [1.29, 1.82) is 0 Å². The predicted octanol–water partition coefficient (Wildman–Crippen LogP) is 4.51. The third kappa shape index (κ3) is 4.91. The molecule has 0 aliphatic carbocycles. The Kier molecular flexibility index (Phi) is 6.21. The molecule has 4 rings (SSSR count). The third-order valence-corrected chi connectivity index (χ3v) is 5.21. The molecule has 0 radical (unpaired) electrons. The summed E-state index contributed by atoms with van der Waals surface area (Å²) in [6.07, 6.45) is 1.98. The van der Waals surface area contributed by atoms with Crippen LogP contribution in [0, 0.1) is 6.92 Å². The lowest BCUT2D eigenvalue weighted by Gasteiger charge is -2.23. The number of nitrogens with one attached hydrogen (secondary N) is 1. The van der Waals surface area contributed by atoms with Crippen LogP contribution >= 0.6 is 0 Å². The summed E-state index contributed by atoms with van der Waals surface area (Å²) >= 11 is 0. The van der Waals surface area contributed by atoms with Gasteiger partial charge in [0.15, 0.2) is 5.82 Å². The zero-order valence-corrected chi connectivity index (χ0v) is 18.2. The van der Waals surface area contributed by atoms with Gasteiger partial charge in [-0.25, -0.2) is 14.5 Å². The first-order valence-corrected chi connectivity index (χ1v) is 10.6. The van der Waals surface area contributed by atoms with Crippen LogP contribution in [0.2, 0.25) is 0 Å². The number of hydrogen-bond acceptors (Lipinski definition) is 7. The number of rotatable bonds is 6. The Morgan fingerprint density at radius 2 is 1.97 bits per heavy atom. The molecule has 0 atom stereocenters. The molecule has 8 nitrogen and oxygen atoms in total. The maximum absolute atomic E-state index is 13.5. The molecule has 0 unspecified atom stereocenters. The van der Waals surface area contributed by atoms with Gasteiger partial charge in [-0.1, -0.05) is 0 Å². The van der Waals surface area contributed by atoms with Crippen LogP contribution in [0.25, 0.3) is 5.95 Å². The highest BCUT2D eigenvalue weighted by Gasteiger charge is 2.32. The molecule has 3 heterocycles. The Bertz CT molecular complexity index is 1160. The van der Waals surface area contributed by atoms with Crippen molar-refractivity contribution in [3.8, 4) is 5.95 Å². The van der Waals surface area contributed by atoms with Crippen LogP contribution < -0.4 is 10.2 Å². The van der Waals surface area contributed by atoms with Crippen molar-refractivity contribution < 1.29 is 22.7 Å². The number of nitrogens with zero attached hydrogens (tertiary/aromatic N) is 5. The van der Waals surface area contributed by atoms with Gasteiger partial charge >= 0.3 is 12.1 Å². The zero-order chi connectivity index (χ0) is 23.6. The maximum Gasteiger partial charge on any atom is 0.416 e. The molecule has 0 amide bonds. The summed E-state index contributed by atoms with van der Waals surface area (Å²) < 4.78 is 46.9. The van der Waals surface area contributed by atoms with Crippen LogP contribution in [-0.2, 0) is 10.9 Å². The van der Waals surface area contributed by atoms with Crippen molar-refractivity contribution in [1.82, 2.24) is 19.7 Å². The number of anilines is 3. The van der Waals surface area contributed by atoms with Crippen LogP contribution in [-0.4, -0.2) is 45.4 Å². The number of benzene rings is 1. The van der Waals surface area contributed by atoms with Crippen LogP contribution in [0.4, 0.5) is 30.4 Å². The largest absolute Gasteiger partial charge is 0.462 e. The smallest absolute Gasteiger partial charge is 0.416 e. The molecule has 1 aliphatic heterocycles. The van der Waals surface area contributed by atoms with E-state index in [0.717, 1.165) is 43.6 Å². The van der Waals surface area contributed by atoms with Crippen LogP contribution in [0.3, 0.4) is 0 Å².